The van der Waals surface area contributed by atoms with Gasteiger partial charge in [-0.05, 0) is 12.1 Å². The Morgan fingerprint density at radius 2 is 2.13 bits per heavy atom. The molecule has 0 spiro atoms. The van der Waals surface area contributed by atoms with Crippen molar-refractivity contribution in [2.75, 3.05) is 11.9 Å². The van der Waals surface area contributed by atoms with E-state index in [1.165, 1.54) is 18.2 Å². The highest BCUT2D eigenvalue weighted by molar-refractivity contribution is 5.93. The van der Waals surface area contributed by atoms with Crippen LogP contribution in [-0.4, -0.2) is 19.1 Å². The zero-order valence-electron chi connectivity index (χ0n) is 7.74. The number of alkyl halides is 2. The van der Waals surface area contributed by atoms with Crippen LogP contribution in [0.4, 0.5) is 14.5 Å². The van der Waals surface area contributed by atoms with Gasteiger partial charge in [-0.1, -0.05) is 12.1 Å². The molecule has 0 aromatic heterocycles. The Hall–Kier alpha value is -1.69. The summed E-state index contributed by atoms with van der Waals surface area (Å²) < 4.78 is 28.1. The van der Waals surface area contributed by atoms with Gasteiger partial charge >= 0.3 is 6.61 Å². The second-order valence-corrected chi connectivity index (χ2v) is 2.63. The maximum atomic E-state index is 12.0. The van der Waals surface area contributed by atoms with Crippen molar-refractivity contribution < 1.29 is 18.3 Å². The third-order valence-electron chi connectivity index (χ3n) is 1.56. The largest absolute Gasteiger partial charge is 0.433 e. The van der Waals surface area contributed by atoms with Crippen LogP contribution in [-0.2, 0) is 4.79 Å². The topological polar surface area (TPSA) is 64.4 Å². The Morgan fingerprint density at radius 3 is 2.73 bits per heavy atom. The zero-order valence-corrected chi connectivity index (χ0v) is 7.74. The average molecular weight is 216 g/mol. The van der Waals surface area contributed by atoms with Crippen molar-refractivity contribution in [3.63, 3.8) is 0 Å². The van der Waals surface area contributed by atoms with Crippen LogP contribution >= 0.6 is 0 Å². The molecule has 0 aliphatic heterocycles. The molecule has 0 unspecified atom stereocenters. The number of amides is 1. The number of para-hydroxylation sites is 2. The summed E-state index contributed by atoms with van der Waals surface area (Å²) in [5.74, 6) is -0.561. The number of benzene rings is 1. The average Bonchev–Trinajstić information content (AvgIpc) is 2.20. The van der Waals surface area contributed by atoms with E-state index in [1.807, 2.05) is 0 Å². The number of hydrogen-bond acceptors (Lipinski definition) is 3. The molecule has 0 aliphatic carbocycles. The molecule has 1 aromatic rings. The Kier molecular flexibility index (Phi) is 3.99. The molecule has 82 valence electrons. The lowest BCUT2D eigenvalue weighted by molar-refractivity contribution is -0.115. The highest BCUT2D eigenvalue weighted by atomic mass is 19.3. The second kappa shape index (κ2) is 5.26. The molecule has 1 rings (SSSR count). The van der Waals surface area contributed by atoms with Crippen molar-refractivity contribution in [3.05, 3.63) is 24.3 Å². The molecule has 6 heteroatoms. The van der Waals surface area contributed by atoms with E-state index in [0.717, 1.165) is 0 Å². The number of rotatable bonds is 4. The van der Waals surface area contributed by atoms with Gasteiger partial charge in [-0.25, -0.2) is 0 Å². The molecule has 0 bridgehead atoms. The molecular weight excluding hydrogens is 206 g/mol. The van der Waals surface area contributed by atoms with E-state index in [1.54, 1.807) is 6.07 Å². The van der Waals surface area contributed by atoms with Crippen LogP contribution in [0.2, 0.25) is 0 Å². The van der Waals surface area contributed by atoms with E-state index in [0.29, 0.717) is 0 Å². The first-order valence-electron chi connectivity index (χ1n) is 4.17. The van der Waals surface area contributed by atoms with Gasteiger partial charge in [0, 0.05) is 0 Å². The van der Waals surface area contributed by atoms with Crippen LogP contribution in [0, 0.1) is 0 Å². The second-order valence-electron chi connectivity index (χ2n) is 2.63. The van der Waals surface area contributed by atoms with E-state index in [2.05, 4.69) is 10.1 Å². The van der Waals surface area contributed by atoms with Gasteiger partial charge in [0.05, 0.1) is 12.2 Å². The minimum Gasteiger partial charge on any atom is -0.433 e. The summed E-state index contributed by atoms with van der Waals surface area (Å²) in [5, 5.41) is 2.34. The fraction of sp³-hybridized carbons (Fsp3) is 0.222. The molecule has 0 heterocycles. The smallest absolute Gasteiger partial charge is 0.387 e. The van der Waals surface area contributed by atoms with Gasteiger partial charge in [0.2, 0.25) is 5.91 Å². The summed E-state index contributed by atoms with van der Waals surface area (Å²) in [5.41, 5.74) is 5.24. The number of hydrogen-bond donors (Lipinski definition) is 2. The fourth-order valence-corrected chi connectivity index (χ4v) is 0.970. The van der Waals surface area contributed by atoms with E-state index < -0.39 is 12.5 Å². The van der Waals surface area contributed by atoms with Gasteiger partial charge in [-0.3, -0.25) is 4.79 Å². The van der Waals surface area contributed by atoms with E-state index >= 15 is 0 Å². The minimum atomic E-state index is -2.93. The lowest BCUT2D eigenvalue weighted by atomic mass is 10.3. The van der Waals surface area contributed by atoms with Gasteiger partial charge in [-0.15, -0.1) is 0 Å². The SMILES string of the molecule is NCC(=O)Nc1ccccc1OC(F)F. The van der Waals surface area contributed by atoms with Crippen molar-refractivity contribution in [1.29, 1.82) is 0 Å². The number of nitrogens with one attached hydrogen (secondary N) is 1. The van der Waals surface area contributed by atoms with Gasteiger partial charge in [-0.2, -0.15) is 8.78 Å². The molecule has 1 aromatic carbocycles. The molecule has 0 aliphatic rings. The summed E-state index contributed by atoms with van der Waals surface area (Å²) in [4.78, 5) is 10.9. The van der Waals surface area contributed by atoms with Crippen molar-refractivity contribution in [2.45, 2.75) is 6.61 Å². The molecule has 15 heavy (non-hydrogen) atoms. The van der Waals surface area contributed by atoms with Gasteiger partial charge in [0.25, 0.3) is 0 Å². The first kappa shape index (κ1) is 11.4. The lowest BCUT2D eigenvalue weighted by Crippen LogP contribution is -2.22. The van der Waals surface area contributed by atoms with Crippen LogP contribution in [0.25, 0.3) is 0 Å². The summed E-state index contributed by atoms with van der Waals surface area (Å²) in [6.45, 7) is -3.15. The number of ether oxygens (including phenoxy) is 1. The lowest BCUT2D eigenvalue weighted by Gasteiger charge is -2.10. The number of carbonyl (C=O) groups is 1. The molecule has 0 saturated heterocycles. The third kappa shape index (κ3) is 3.51. The number of anilines is 1. The van der Waals surface area contributed by atoms with Crippen LogP contribution in [0.1, 0.15) is 0 Å². The third-order valence-corrected chi connectivity index (χ3v) is 1.56. The molecule has 0 radical (unpaired) electrons. The van der Waals surface area contributed by atoms with Crippen LogP contribution in [0.15, 0.2) is 24.3 Å². The van der Waals surface area contributed by atoms with E-state index in [9.17, 15) is 13.6 Å². The van der Waals surface area contributed by atoms with Crippen molar-refractivity contribution in [2.24, 2.45) is 5.73 Å². The van der Waals surface area contributed by atoms with Gasteiger partial charge in [0.15, 0.2) is 0 Å². The summed E-state index contributed by atoms with van der Waals surface area (Å²) in [7, 11) is 0. The summed E-state index contributed by atoms with van der Waals surface area (Å²) >= 11 is 0. The molecular formula is C9H10F2N2O2. The van der Waals surface area contributed by atoms with Crippen molar-refractivity contribution >= 4 is 11.6 Å². The number of carbonyl (C=O) groups excluding carboxylic acids is 1. The fourth-order valence-electron chi connectivity index (χ4n) is 0.970. The van der Waals surface area contributed by atoms with E-state index in [4.69, 9.17) is 5.73 Å². The molecule has 4 nitrogen and oxygen atoms in total. The predicted molar refractivity (Wildman–Crippen MR) is 50.8 cm³/mol. The van der Waals surface area contributed by atoms with Crippen LogP contribution < -0.4 is 15.8 Å². The van der Waals surface area contributed by atoms with Crippen LogP contribution in [0.5, 0.6) is 5.75 Å². The molecule has 0 saturated carbocycles. The molecule has 3 N–H and O–H groups in total. The predicted octanol–water partition coefficient (Wildman–Crippen LogP) is 1.19. The van der Waals surface area contributed by atoms with Crippen LogP contribution in [0.3, 0.4) is 0 Å². The normalized spacial score (nSPS) is 10.1. The Bertz CT molecular complexity index is 345. The van der Waals surface area contributed by atoms with Crippen molar-refractivity contribution in [1.82, 2.24) is 0 Å². The quantitative estimate of drug-likeness (QED) is 0.794. The monoisotopic (exact) mass is 216 g/mol. The molecule has 0 atom stereocenters. The Balaban J connectivity index is 2.81. The Morgan fingerprint density at radius 1 is 1.47 bits per heavy atom. The standard InChI is InChI=1S/C9H10F2N2O2/c10-9(11)15-7-4-2-1-3-6(7)13-8(14)5-12/h1-4,9H,5,12H2,(H,13,14). The first-order chi connectivity index (χ1) is 7.13. The van der Waals surface area contributed by atoms with E-state index in [-0.39, 0.29) is 18.0 Å². The maximum absolute atomic E-state index is 12.0. The number of nitrogens with two attached hydrogens (primary N) is 1. The Labute approximate surface area is 85.0 Å². The number of halogens is 2. The molecule has 0 fully saturated rings. The highest BCUT2D eigenvalue weighted by Gasteiger charge is 2.10. The summed E-state index contributed by atoms with van der Waals surface area (Å²) in [6, 6.07) is 5.89. The van der Waals surface area contributed by atoms with Gasteiger partial charge in [0.1, 0.15) is 5.75 Å². The maximum Gasteiger partial charge on any atom is 0.387 e. The highest BCUT2D eigenvalue weighted by Crippen LogP contribution is 2.25. The van der Waals surface area contributed by atoms with Crippen molar-refractivity contribution in [3.8, 4) is 5.75 Å². The first-order valence-corrected chi connectivity index (χ1v) is 4.17. The zero-order chi connectivity index (χ0) is 11.3. The van der Waals surface area contributed by atoms with Gasteiger partial charge < -0.3 is 15.8 Å². The molecule has 1 amide bonds. The summed E-state index contributed by atoms with van der Waals surface area (Å²) in [6.07, 6.45) is 0. The minimum absolute atomic E-state index is 0.0886.